The number of ether oxygens (including phenoxy) is 1. The highest BCUT2D eigenvalue weighted by Crippen LogP contribution is 2.28. The predicted octanol–water partition coefficient (Wildman–Crippen LogP) is 1.12. The number of nitrogens with zero attached hydrogens (tertiary/aromatic N) is 2. The fraction of sp³-hybridized carbons (Fsp3) is 0.600. The van der Waals surface area contributed by atoms with Gasteiger partial charge in [0.05, 0.1) is 19.1 Å². The Morgan fingerprint density at radius 3 is 3.21 bits per heavy atom. The zero-order valence-corrected chi connectivity index (χ0v) is 8.06. The Labute approximate surface area is 82.9 Å². The lowest BCUT2D eigenvalue weighted by molar-refractivity contribution is 0.109. The largest absolute Gasteiger partial charge is 0.379 e. The van der Waals surface area contributed by atoms with Crippen LogP contribution in [0.3, 0.4) is 0 Å². The second-order valence-electron chi connectivity index (χ2n) is 3.65. The SMILES string of the molecule is O=Cc1cncn1CCOCC1CC1. The summed E-state index contributed by atoms with van der Waals surface area (Å²) in [6, 6.07) is 0. The Kier molecular flexibility index (Phi) is 2.93. The first-order chi connectivity index (χ1) is 6.90. The quantitative estimate of drug-likeness (QED) is 0.503. The zero-order valence-electron chi connectivity index (χ0n) is 8.06. The van der Waals surface area contributed by atoms with Crippen molar-refractivity contribution < 1.29 is 9.53 Å². The third-order valence-corrected chi connectivity index (χ3v) is 2.39. The molecule has 0 atom stereocenters. The molecule has 4 heteroatoms. The van der Waals surface area contributed by atoms with E-state index in [-0.39, 0.29) is 0 Å². The van der Waals surface area contributed by atoms with Gasteiger partial charge in [0.25, 0.3) is 0 Å². The average Bonchev–Trinajstić information content (AvgIpc) is 2.91. The molecule has 0 bridgehead atoms. The summed E-state index contributed by atoms with van der Waals surface area (Å²) >= 11 is 0. The van der Waals surface area contributed by atoms with Crippen LogP contribution < -0.4 is 0 Å². The molecule has 0 unspecified atom stereocenters. The van der Waals surface area contributed by atoms with E-state index in [0.717, 1.165) is 18.8 Å². The summed E-state index contributed by atoms with van der Waals surface area (Å²) < 4.78 is 7.27. The van der Waals surface area contributed by atoms with Crippen LogP contribution >= 0.6 is 0 Å². The van der Waals surface area contributed by atoms with Gasteiger partial charge < -0.3 is 9.30 Å². The molecule has 14 heavy (non-hydrogen) atoms. The first kappa shape index (κ1) is 9.40. The van der Waals surface area contributed by atoms with Gasteiger partial charge in [-0.1, -0.05) is 0 Å². The lowest BCUT2D eigenvalue weighted by Crippen LogP contribution is -2.08. The molecule has 1 aliphatic rings. The second kappa shape index (κ2) is 4.37. The standard InChI is InChI=1S/C10H14N2O2/c13-6-10-5-11-8-12(10)3-4-14-7-9-1-2-9/h5-6,8-9H,1-4,7H2. The Balaban J connectivity index is 1.70. The van der Waals surface area contributed by atoms with E-state index in [0.29, 0.717) is 18.8 Å². The molecule has 1 aromatic heterocycles. The molecule has 0 radical (unpaired) electrons. The number of rotatable bonds is 6. The minimum atomic E-state index is 0.611. The predicted molar refractivity (Wildman–Crippen MR) is 51.2 cm³/mol. The monoisotopic (exact) mass is 194 g/mol. The summed E-state index contributed by atoms with van der Waals surface area (Å²) in [6.07, 6.45) is 6.65. The molecule has 4 nitrogen and oxygen atoms in total. The molecule has 0 aliphatic heterocycles. The molecule has 76 valence electrons. The highest BCUT2D eigenvalue weighted by molar-refractivity contribution is 5.71. The molecule has 0 N–H and O–H groups in total. The van der Waals surface area contributed by atoms with Crippen molar-refractivity contribution in [2.75, 3.05) is 13.2 Å². The number of hydrogen-bond acceptors (Lipinski definition) is 3. The van der Waals surface area contributed by atoms with Gasteiger partial charge in [0.2, 0.25) is 0 Å². The van der Waals surface area contributed by atoms with E-state index >= 15 is 0 Å². The Morgan fingerprint density at radius 2 is 2.50 bits per heavy atom. The topological polar surface area (TPSA) is 44.1 Å². The highest BCUT2D eigenvalue weighted by atomic mass is 16.5. The second-order valence-corrected chi connectivity index (χ2v) is 3.65. The normalized spacial score (nSPS) is 15.7. The number of aromatic nitrogens is 2. The van der Waals surface area contributed by atoms with Gasteiger partial charge in [-0.3, -0.25) is 4.79 Å². The molecular weight excluding hydrogens is 180 g/mol. The molecule has 1 fully saturated rings. The van der Waals surface area contributed by atoms with Gasteiger partial charge in [-0.05, 0) is 18.8 Å². The van der Waals surface area contributed by atoms with Crippen LogP contribution in [0.25, 0.3) is 0 Å². The summed E-state index contributed by atoms with van der Waals surface area (Å²) in [7, 11) is 0. The van der Waals surface area contributed by atoms with E-state index in [4.69, 9.17) is 4.74 Å². The van der Waals surface area contributed by atoms with Crippen LogP contribution in [0, 0.1) is 5.92 Å². The lowest BCUT2D eigenvalue weighted by atomic mass is 10.5. The van der Waals surface area contributed by atoms with Gasteiger partial charge in [0, 0.05) is 13.2 Å². The molecule has 1 heterocycles. The first-order valence-electron chi connectivity index (χ1n) is 4.93. The smallest absolute Gasteiger partial charge is 0.168 e. The van der Waals surface area contributed by atoms with Crippen molar-refractivity contribution in [2.45, 2.75) is 19.4 Å². The average molecular weight is 194 g/mol. The van der Waals surface area contributed by atoms with E-state index in [9.17, 15) is 4.79 Å². The van der Waals surface area contributed by atoms with Gasteiger partial charge in [-0.15, -0.1) is 0 Å². The minimum absolute atomic E-state index is 0.611. The van der Waals surface area contributed by atoms with Crippen molar-refractivity contribution in [2.24, 2.45) is 5.92 Å². The zero-order chi connectivity index (χ0) is 9.80. The maximum atomic E-state index is 10.5. The van der Waals surface area contributed by atoms with E-state index < -0.39 is 0 Å². The molecule has 0 amide bonds. The van der Waals surface area contributed by atoms with Crippen molar-refractivity contribution in [3.8, 4) is 0 Å². The maximum absolute atomic E-state index is 10.5. The fourth-order valence-corrected chi connectivity index (χ4v) is 1.31. The van der Waals surface area contributed by atoms with E-state index in [1.54, 1.807) is 17.1 Å². The summed E-state index contributed by atoms with van der Waals surface area (Å²) in [5.74, 6) is 0.795. The number of carbonyl (C=O) groups excluding carboxylic acids is 1. The summed E-state index contributed by atoms with van der Waals surface area (Å²) in [5.41, 5.74) is 0.611. The van der Waals surface area contributed by atoms with Gasteiger partial charge in [0.1, 0.15) is 5.69 Å². The molecule has 0 aromatic carbocycles. The third kappa shape index (κ3) is 2.42. The van der Waals surface area contributed by atoms with Crippen molar-refractivity contribution in [3.05, 3.63) is 18.2 Å². The van der Waals surface area contributed by atoms with Crippen LogP contribution in [-0.2, 0) is 11.3 Å². The van der Waals surface area contributed by atoms with Gasteiger partial charge in [0.15, 0.2) is 6.29 Å². The lowest BCUT2D eigenvalue weighted by Gasteiger charge is -2.04. The van der Waals surface area contributed by atoms with Gasteiger partial charge >= 0.3 is 0 Å². The molecule has 0 saturated heterocycles. The van der Waals surface area contributed by atoms with Gasteiger partial charge in [-0.2, -0.15) is 0 Å². The molecule has 1 aliphatic carbocycles. The first-order valence-corrected chi connectivity index (χ1v) is 4.93. The molecular formula is C10H14N2O2. The minimum Gasteiger partial charge on any atom is -0.379 e. The Morgan fingerprint density at radius 1 is 1.64 bits per heavy atom. The van der Waals surface area contributed by atoms with E-state index in [1.807, 2.05) is 0 Å². The maximum Gasteiger partial charge on any atom is 0.168 e. The highest BCUT2D eigenvalue weighted by Gasteiger charge is 2.20. The van der Waals surface area contributed by atoms with Crippen molar-refractivity contribution in [1.82, 2.24) is 9.55 Å². The molecule has 0 spiro atoms. The van der Waals surface area contributed by atoms with Crippen molar-refractivity contribution in [1.29, 1.82) is 0 Å². The number of aldehydes is 1. The van der Waals surface area contributed by atoms with Crippen molar-refractivity contribution >= 4 is 6.29 Å². The summed E-state index contributed by atoms with van der Waals surface area (Å²) in [6.45, 7) is 2.24. The van der Waals surface area contributed by atoms with Gasteiger partial charge in [-0.25, -0.2) is 4.98 Å². The summed E-state index contributed by atoms with van der Waals surface area (Å²) in [5, 5.41) is 0. The van der Waals surface area contributed by atoms with Crippen LogP contribution in [0.1, 0.15) is 23.3 Å². The number of imidazole rings is 1. The van der Waals surface area contributed by atoms with E-state index in [2.05, 4.69) is 4.98 Å². The molecule has 1 aromatic rings. The molecule has 1 saturated carbocycles. The summed E-state index contributed by atoms with van der Waals surface area (Å²) in [4.78, 5) is 14.4. The Hall–Kier alpha value is -1.16. The van der Waals surface area contributed by atoms with Crippen LogP contribution in [-0.4, -0.2) is 29.1 Å². The molecule has 2 rings (SSSR count). The Bertz CT molecular complexity index is 305. The number of hydrogen-bond donors (Lipinski definition) is 0. The number of carbonyl (C=O) groups is 1. The van der Waals surface area contributed by atoms with E-state index in [1.165, 1.54) is 12.8 Å². The van der Waals surface area contributed by atoms with Crippen LogP contribution in [0.2, 0.25) is 0 Å². The third-order valence-electron chi connectivity index (χ3n) is 2.39. The van der Waals surface area contributed by atoms with Crippen LogP contribution in [0.15, 0.2) is 12.5 Å². The fourth-order valence-electron chi connectivity index (χ4n) is 1.31. The van der Waals surface area contributed by atoms with Crippen molar-refractivity contribution in [3.63, 3.8) is 0 Å². The van der Waals surface area contributed by atoms with Crippen LogP contribution in [0.4, 0.5) is 0 Å². The van der Waals surface area contributed by atoms with Crippen LogP contribution in [0.5, 0.6) is 0 Å².